The second-order valence-corrected chi connectivity index (χ2v) is 9.34. The number of carbonyl (C=O) groups excluding carboxylic acids is 3. The number of fused-ring (bicyclic) bond motifs is 1. The zero-order valence-electron chi connectivity index (χ0n) is 18.9. The van der Waals surface area contributed by atoms with E-state index in [0.29, 0.717) is 27.1 Å². The molecule has 2 aliphatic rings. The maximum absolute atomic E-state index is 13.6. The van der Waals surface area contributed by atoms with E-state index < -0.39 is 41.2 Å². The Morgan fingerprint density at radius 1 is 1.09 bits per heavy atom. The van der Waals surface area contributed by atoms with Crippen molar-refractivity contribution in [3.05, 3.63) is 52.0 Å². The molecule has 0 radical (unpaired) electrons. The summed E-state index contributed by atoms with van der Waals surface area (Å²) >= 11 is 3.43. The van der Waals surface area contributed by atoms with Crippen LogP contribution in [0.4, 0.5) is 5.69 Å². The molecule has 2 aliphatic heterocycles. The Morgan fingerprint density at radius 2 is 1.74 bits per heavy atom. The number of methoxy groups -OCH3 is 2. The van der Waals surface area contributed by atoms with Gasteiger partial charge < -0.3 is 14.6 Å². The molecule has 2 fully saturated rings. The van der Waals surface area contributed by atoms with Crippen LogP contribution in [0.15, 0.2) is 40.9 Å². The van der Waals surface area contributed by atoms with E-state index in [1.807, 2.05) is 0 Å². The van der Waals surface area contributed by atoms with Crippen molar-refractivity contribution < 1.29 is 33.8 Å². The van der Waals surface area contributed by atoms with Gasteiger partial charge in [0.15, 0.2) is 17.3 Å². The molecule has 4 atom stereocenters. The van der Waals surface area contributed by atoms with Crippen molar-refractivity contribution in [2.75, 3.05) is 19.1 Å². The zero-order chi connectivity index (χ0) is 24.9. The molecule has 2 saturated heterocycles. The third kappa shape index (κ3) is 3.48. The van der Waals surface area contributed by atoms with Gasteiger partial charge in [-0.2, -0.15) is 0 Å². The Morgan fingerprint density at radius 3 is 2.26 bits per heavy atom. The van der Waals surface area contributed by atoms with Gasteiger partial charge in [0.25, 0.3) is 0 Å². The molecule has 0 spiro atoms. The number of benzene rings is 2. The largest absolute Gasteiger partial charge is 0.493 e. The van der Waals surface area contributed by atoms with Gasteiger partial charge >= 0.3 is 5.97 Å². The quantitative estimate of drug-likeness (QED) is 0.431. The summed E-state index contributed by atoms with van der Waals surface area (Å²) in [7, 11) is 2.96. The van der Waals surface area contributed by atoms with Crippen LogP contribution in [0.3, 0.4) is 0 Å². The average Bonchev–Trinajstić information content (AvgIpc) is 3.26. The predicted molar refractivity (Wildman–Crippen MR) is 125 cm³/mol. The molecule has 2 heterocycles. The number of Topliss-reactive ketones (excluding diaryl/α,β-unsaturated/α-hetero) is 1. The summed E-state index contributed by atoms with van der Waals surface area (Å²) in [6.45, 7) is 2.83. The van der Waals surface area contributed by atoms with E-state index in [9.17, 15) is 24.3 Å². The van der Waals surface area contributed by atoms with Crippen LogP contribution < -0.4 is 19.7 Å². The van der Waals surface area contributed by atoms with E-state index >= 15 is 0 Å². The van der Waals surface area contributed by atoms with Gasteiger partial charge in [0.05, 0.1) is 36.2 Å². The molecule has 4 rings (SSSR count). The number of amides is 2. The second-order valence-electron chi connectivity index (χ2n) is 8.49. The van der Waals surface area contributed by atoms with Gasteiger partial charge in [0, 0.05) is 11.6 Å². The maximum atomic E-state index is 13.6. The number of hydrogen-bond donors (Lipinski definition) is 2. The molecule has 34 heavy (non-hydrogen) atoms. The van der Waals surface area contributed by atoms with E-state index in [0.717, 1.165) is 4.90 Å². The van der Waals surface area contributed by atoms with Gasteiger partial charge in [0.1, 0.15) is 5.54 Å². The van der Waals surface area contributed by atoms with Crippen LogP contribution in [-0.4, -0.2) is 48.4 Å². The number of anilines is 1. The fourth-order valence-electron chi connectivity index (χ4n) is 4.84. The lowest BCUT2D eigenvalue weighted by Gasteiger charge is -2.27. The molecule has 2 aromatic rings. The normalized spacial score (nSPS) is 25.9. The number of imide groups is 1. The first kappa shape index (κ1) is 23.9. The minimum Gasteiger partial charge on any atom is -0.493 e. The molecule has 178 valence electrons. The van der Waals surface area contributed by atoms with Crippen LogP contribution in [0, 0.1) is 11.8 Å². The van der Waals surface area contributed by atoms with Crippen LogP contribution in [-0.2, 0) is 14.4 Å². The van der Waals surface area contributed by atoms with E-state index in [2.05, 4.69) is 21.2 Å². The lowest BCUT2D eigenvalue weighted by Crippen LogP contribution is -2.53. The third-order valence-corrected chi connectivity index (χ3v) is 7.17. The lowest BCUT2D eigenvalue weighted by atomic mass is 9.80. The van der Waals surface area contributed by atoms with Crippen molar-refractivity contribution in [1.82, 2.24) is 5.32 Å². The van der Waals surface area contributed by atoms with E-state index in [1.165, 1.54) is 52.3 Å². The standard InChI is InChI=1S/C24H23BrN2O7/c1-11(28)12-5-7-14(8-6-12)27-21(29)17-18(22(27)30)24(2,23(31)32)26-19(17)13-9-15(25)20(34-4)16(10-13)33-3/h5-10,17-19,26H,1-4H3,(H,31,32). The topological polar surface area (TPSA) is 122 Å². The van der Waals surface area contributed by atoms with Gasteiger partial charge in [-0.3, -0.25) is 24.5 Å². The Bertz CT molecular complexity index is 1210. The summed E-state index contributed by atoms with van der Waals surface area (Å²) in [6, 6.07) is 8.69. The van der Waals surface area contributed by atoms with Gasteiger partial charge in [0.2, 0.25) is 11.8 Å². The number of rotatable bonds is 6. The molecule has 9 nitrogen and oxygen atoms in total. The molecule has 0 aromatic heterocycles. The fraction of sp³-hybridized carbons (Fsp3) is 0.333. The highest BCUT2D eigenvalue weighted by Gasteiger charge is 2.67. The van der Waals surface area contributed by atoms with Crippen LogP contribution in [0.2, 0.25) is 0 Å². The Hall–Kier alpha value is -3.24. The molecule has 0 bridgehead atoms. The number of halogens is 1. The summed E-state index contributed by atoms with van der Waals surface area (Å²) in [5.41, 5.74) is -0.391. The number of nitrogens with one attached hydrogen (secondary N) is 1. The molecule has 2 amide bonds. The van der Waals surface area contributed by atoms with Crippen molar-refractivity contribution in [2.45, 2.75) is 25.4 Å². The van der Waals surface area contributed by atoms with E-state index in [4.69, 9.17) is 9.47 Å². The first-order chi connectivity index (χ1) is 16.0. The molecule has 2 N–H and O–H groups in total. The number of hydrogen-bond acceptors (Lipinski definition) is 7. The number of ether oxygens (including phenoxy) is 2. The second kappa shape index (κ2) is 8.52. The Labute approximate surface area is 204 Å². The average molecular weight is 531 g/mol. The summed E-state index contributed by atoms with van der Waals surface area (Å²) in [5.74, 6) is -3.77. The lowest BCUT2D eigenvalue weighted by molar-refractivity contribution is -0.147. The van der Waals surface area contributed by atoms with Crippen LogP contribution in [0.25, 0.3) is 0 Å². The van der Waals surface area contributed by atoms with Crippen molar-refractivity contribution >= 4 is 45.2 Å². The van der Waals surface area contributed by atoms with Gasteiger partial charge in [-0.25, -0.2) is 4.90 Å². The summed E-state index contributed by atoms with van der Waals surface area (Å²) in [6.07, 6.45) is 0. The van der Waals surface area contributed by atoms with Crippen molar-refractivity contribution in [3.63, 3.8) is 0 Å². The highest BCUT2D eigenvalue weighted by molar-refractivity contribution is 9.10. The number of carboxylic acid groups (broad SMARTS) is 1. The first-order valence-electron chi connectivity index (χ1n) is 10.5. The van der Waals surface area contributed by atoms with E-state index in [1.54, 1.807) is 12.1 Å². The third-order valence-electron chi connectivity index (χ3n) is 6.58. The van der Waals surface area contributed by atoms with Crippen molar-refractivity contribution in [3.8, 4) is 11.5 Å². The minimum atomic E-state index is -1.68. The van der Waals surface area contributed by atoms with Gasteiger partial charge in [-0.15, -0.1) is 0 Å². The number of carbonyl (C=O) groups is 4. The van der Waals surface area contributed by atoms with Crippen molar-refractivity contribution in [1.29, 1.82) is 0 Å². The predicted octanol–water partition coefficient (Wildman–Crippen LogP) is 2.96. The monoisotopic (exact) mass is 530 g/mol. The van der Waals surface area contributed by atoms with Crippen LogP contribution in [0.1, 0.15) is 35.8 Å². The number of aliphatic carboxylic acids is 1. The number of nitrogens with zero attached hydrogens (tertiary/aromatic N) is 1. The summed E-state index contributed by atoms with van der Waals surface area (Å²) < 4.78 is 11.3. The zero-order valence-corrected chi connectivity index (χ0v) is 20.5. The smallest absolute Gasteiger partial charge is 0.324 e. The minimum absolute atomic E-state index is 0.149. The molecular formula is C24H23BrN2O7. The van der Waals surface area contributed by atoms with Crippen LogP contribution in [0.5, 0.6) is 11.5 Å². The number of carboxylic acids is 1. The molecule has 0 saturated carbocycles. The molecule has 10 heteroatoms. The van der Waals surface area contributed by atoms with Gasteiger partial charge in [-0.1, -0.05) is 0 Å². The summed E-state index contributed by atoms with van der Waals surface area (Å²) in [5, 5.41) is 13.1. The van der Waals surface area contributed by atoms with Gasteiger partial charge in [-0.05, 0) is 71.7 Å². The Kier molecular flexibility index (Phi) is 5.99. The molecule has 0 aliphatic carbocycles. The highest BCUT2D eigenvalue weighted by Crippen LogP contribution is 2.51. The number of ketones is 1. The van der Waals surface area contributed by atoms with E-state index in [-0.39, 0.29) is 11.5 Å². The maximum Gasteiger partial charge on any atom is 0.324 e. The summed E-state index contributed by atoms with van der Waals surface area (Å²) in [4.78, 5) is 52.0. The Balaban J connectivity index is 1.82. The SMILES string of the molecule is COc1cc(C2NC(C)(C(=O)O)C3C(=O)N(c4ccc(C(C)=O)cc4)C(=O)C23)cc(Br)c1OC. The molecule has 2 aromatic carbocycles. The fourth-order valence-corrected chi connectivity index (χ4v) is 5.46. The highest BCUT2D eigenvalue weighted by atomic mass is 79.9. The van der Waals surface area contributed by atoms with Crippen LogP contribution >= 0.6 is 15.9 Å². The molecular weight excluding hydrogens is 508 g/mol. The molecule has 4 unspecified atom stereocenters. The first-order valence-corrected chi connectivity index (χ1v) is 11.3. The van der Waals surface area contributed by atoms with Crippen molar-refractivity contribution in [2.24, 2.45) is 11.8 Å².